The molecule has 0 N–H and O–H groups in total. The average Bonchev–Trinajstić information content (AvgIpc) is 1.65. The Morgan fingerprint density at radius 1 is 0.778 bits per heavy atom. The van der Waals surface area contributed by atoms with Gasteiger partial charge < -0.3 is 0 Å². The highest BCUT2D eigenvalue weighted by Gasteiger charge is 2.54. The fourth-order valence-corrected chi connectivity index (χ4v) is 0.0714. The SMILES string of the molecule is F[C](F)C(F)(F)[C](F)F. The van der Waals surface area contributed by atoms with Crippen LogP contribution in [0.2, 0.25) is 0 Å². The van der Waals surface area contributed by atoms with Crippen LogP contribution in [0.4, 0.5) is 26.3 Å². The van der Waals surface area contributed by atoms with Crippen molar-refractivity contribution in [3.8, 4) is 0 Å². The van der Waals surface area contributed by atoms with Crippen LogP contribution in [0, 0.1) is 12.9 Å². The van der Waals surface area contributed by atoms with Gasteiger partial charge in [-0.05, 0) is 0 Å². The van der Waals surface area contributed by atoms with E-state index in [2.05, 4.69) is 0 Å². The van der Waals surface area contributed by atoms with Gasteiger partial charge in [-0.25, -0.2) is 0 Å². The molecule has 0 nitrogen and oxygen atoms in total. The van der Waals surface area contributed by atoms with E-state index < -0.39 is 18.8 Å². The summed E-state index contributed by atoms with van der Waals surface area (Å²) in [4.78, 5) is 0. The molecule has 0 aliphatic rings. The summed E-state index contributed by atoms with van der Waals surface area (Å²) in [5, 5.41) is 0. The van der Waals surface area contributed by atoms with Crippen LogP contribution in [0.5, 0.6) is 0 Å². The Morgan fingerprint density at radius 2 is 1.00 bits per heavy atom. The van der Waals surface area contributed by atoms with Crippen molar-refractivity contribution in [2.24, 2.45) is 0 Å². The second-order valence-corrected chi connectivity index (χ2v) is 1.10. The number of halogens is 6. The maximum atomic E-state index is 11.1. The third-order valence-corrected chi connectivity index (χ3v) is 0.475. The summed E-state index contributed by atoms with van der Waals surface area (Å²) in [7, 11) is 0. The van der Waals surface area contributed by atoms with Gasteiger partial charge in [0.25, 0.3) is 0 Å². The predicted octanol–water partition coefficient (Wildman–Crippen LogP) is 2.48. The molecule has 9 heavy (non-hydrogen) atoms. The Labute approximate surface area is 46.5 Å². The van der Waals surface area contributed by atoms with Gasteiger partial charge in [0.15, 0.2) is 0 Å². The summed E-state index contributed by atoms with van der Waals surface area (Å²) in [6, 6.07) is 0. The van der Waals surface area contributed by atoms with E-state index in [9.17, 15) is 26.3 Å². The molecule has 0 bridgehead atoms. The maximum absolute atomic E-state index is 11.1. The van der Waals surface area contributed by atoms with E-state index in [0.29, 0.717) is 0 Å². The van der Waals surface area contributed by atoms with Gasteiger partial charge in [-0.1, -0.05) is 0 Å². The topological polar surface area (TPSA) is 0 Å². The summed E-state index contributed by atoms with van der Waals surface area (Å²) < 4.78 is 65.1. The molecular formula is C3F6. The zero-order valence-corrected chi connectivity index (χ0v) is 3.77. The Morgan fingerprint density at radius 3 is 1.00 bits per heavy atom. The van der Waals surface area contributed by atoms with Gasteiger partial charge in [0.1, 0.15) is 0 Å². The zero-order valence-electron chi connectivity index (χ0n) is 3.77. The minimum Gasteiger partial charge on any atom is -0.192 e. The Kier molecular flexibility index (Phi) is 2.33. The summed E-state index contributed by atoms with van der Waals surface area (Å²) in [5.41, 5.74) is 0. The Hall–Kier alpha value is -0.420. The van der Waals surface area contributed by atoms with E-state index in [1.54, 1.807) is 0 Å². The molecule has 2 radical (unpaired) electrons. The molecular weight excluding hydrogens is 150 g/mol. The summed E-state index contributed by atoms with van der Waals surface area (Å²) >= 11 is 0. The van der Waals surface area contributed by atoms with E-state index in [1.165, 1.54) is 0 Å². The minimum absolute atomic E-state index is 3.59. The van der Waals surface area contributed by atoms with Crippen molar-refractivity contribution in [2.45, 2.75) is 5.92 Å². The molecule has 0 heterocycles. The molecule has 6 heteroatoms. The summed E-state index contributed by atoms with van der Waals surface area (Å²) in [6.07, 6.45) is -7.19. The summed E-state index contributed by atoms with van der Waals surface area (Å²) in [5.74, 6) is -5.33. The lowest BCUT2D eigenvalue weighted by Gasteiger charge is -2.08. The van der Waals surface area contributed by atoms with E-state index in [4.69, 9.17) is 0 Å². The molecule has 0 rings (SSSR count). The number of alkyl halides is 2. The van der Waals surface area contributed by atoms with Gasteiger partial charge in [0.05, 0.1) is 0 Å². The highest BCUT2D eigenvalue weighted by atomic mass is 19.3. The second kappa shape index (κ2) is 2.45. The largest absolute Gasteiger partial charge is 0.385 e. The highest BCUT2D eigenvalue weighted by molar-refractivity contribution is 4.95. The standard InChI is InChI=1S/C3F6/c4-1(5)3(8,9)2(6)7. The molecule has 54 valence electrons. The van der Waals surface area contributed by atoms with E-state index >= 15 is 0 Å². The van der Waals surface area contributed by atoms with Crippen molar-refractivity contribution in [1.29, 1.82) is 0 Å². The lowest BCUT2D eigenvalue weighted by Crippen LogP contribution is -2.23. The zero-order chi connectivity index (χ0) is 7.65. The second-order valence-electron chi connectivity index (χ2n) is 1.10. The van der Waals surface area contributed by atoms with Crippen LogP contribution < -0.4 is 0 Å². The van der Waals surface area contributed by atoms with E-state index in [0.717, 1.165) is 0 Å². The summed E-state index contributed by atoms with van der Waals surface area (Å²) in [6.45, 7) is 0. The molecule has 0 unspecified atom stereocenters. The van der Waals surface area contributed by atoms with Crippen LogP contribution in [0.1, 0.15) is 0 Å². The van der Waals surface area contributed by atoms with Gasteiger partial charge in [-0.2, -0.15) is 26.3 Å². The van der Waals surface area contributed by atoms with Crippen molar-refractivity contribution in [1.82, 2.24) is 0 Å². The van der Waals surface area contributed by atoms with E-state index in [-0.39, 0.29) is 0 Å². The van der Waals surface area contributed by atoms with Gasteiger partial charge >= 0.3 is 18.8 Å². The quantitative estimate of drug-likeness (QED) is 0.530. The molecule has 0 aliphatic carbocycles. The Balaban J connectivity index is 4.01. The molecule has 0 saturated carbocycles. The lowest BCUT2D eigenvalue weighted by atomic mass is 10.4. The fraction of sp³-hybridized carbons (Fsp3) is 0.333. The molecule has 0 aromatic carbocycles. The molecule has 0 amide bonds. The van der Waals surface area contributed by atoms with Crippen LogP contribution in [0.3, 0.4) is 0 Å². The third-order valence-electron chi connectivity index (χ3n) is 0.475. The number of hydrogen-bond donors (Lipinski definition) is 0. The molecule has 0 aromatic heterocycles. The van der Waals surface area contributed by atoms with Crippen LogP contribution in [0.25, 0.3) is 0 Å². The van der Waals surface area contributed by atoms with Crippen molar-refractivity contribution in [3.63, 3.8) is 0 Å². The van der Waals surface area contributed by atoms with Crippen molar-refractivity contribution < 1.29 is 26.3 Å². The van der Waals surface area contributed by atoms with Gasteiger partial charge in [0.2, 0.25) is 0 Å². The predicted molar refractivity (Wildman–Crippen MR) is 15.9 cm³/mol. The number of rotatable bonds is 2. The smallest absolute Gasteiger partial charge is 0.192 e. The highest BCUT2D eigenvalue weighted by Crippen LogP contribution is 2.38. The molecule has 0 aliphatic heterocycles. The minimum atomic E-state index is -5.33. The van der Waals surface area contributed by atoms with E-state index in [1.807, 2.05) is 0 Å². The van der Waals surface area contributed by atoms with Crippen molar-refractivity contribution >= 4 is 0 Å². The lowest BCUT2D eigenvalue weighted by molar-refractivity contribution is -0.101. The third kappa shape index (κ3) is 1.76. The van der Waals surface area contributed by atoms with Crippen LogP contribution in [-0.4, -0.2) is 5.92 Å². The van der Waals surface area contributed by atoms with Crippen LogP contribution >= 0.6 is 0 Å². The average molecular weight is 150 g/mol. The molecule has 0 saturated heterocycles. The molecule has 0 spiro atoms. The first-order valence-electron chi connectivity index (χ1n) is 1.63. The normalized spacial score (nSPS) is 13.3. The Bertz CT molecular complexity index is 76.3. The first-order valence-corrected chi connectivity index (χ1v) is 1.63. The van der Waals surface area contributed by atoms with Crippen molar-refractivity contribution in [3.05, 3.63) is 12.9 Å². The monoisotopic (exact) mass is 150 g/mol. The van der Waals surface area contributed by atoms with Crippen molar-refractivity contribution in [2.75, 3.05) is 0 Å². The van der Waals surface area contributed by atoms with Crippen LogP contribution in [0.15, 0.2) is 0 Å². The maximum Gasteiger partial charge on any atom is 0.385 e. The first-order chi connectivity index (χ1) is 3.89. The molecule has 0 atom stereocenters. The van der Waals surface area contributed by atoms with Gasteiger partial charge in [-0.3, -0.25) is 0 Å². The fourth-order valence-electron chi connectivity index (χ4n) is 0.0714. The van der Waals surface area contributed by atoms with Gasteiger partial charge in [-0.15, -0.1) is 0 Å². The van der Waals surface area contributed by atoms with Crippen LogP contribution in [-0.2, 0) is 0 Å². The first kappa shape index (κ1) is 8.58. The molecule has 0 fully saturated rings. The van der Waals surface area contributed by atoms with Gasteiger partial charge in [0, 0.05) is 0 Å². The number of hydrogen-bond acceptors (Lipinski definition) is 0. The molecule has 0 aromatic rings.